The summed E-state index contributed by atoms with van der Waals surface area (Å²) in [6.07, 6.45) is 11.6. The van der Waals surface area contributed by atoms with Gasteiger partial charge in [-0.3, -0.25) is 9.59 Å². The van der Waals surface area contributed by atoms with E-state index in [1.165, 1.54) is 42.5 Å². The number of nitrogens with zero attached hydrogens (tertiary/aromatic N) is 7. The summed E-state index contributed by atoms with van der Waals surface area (Å²) in [5.41, 5.74) is 1.63. The van der Waals surface area contributed by atoms with Gasteiger partial charge in [-0.1, -0.05) is 33.8 Å². The molecule has 0 spiro atoms. The second-order valence-corrected chi connectivity index (χ2v) is 11.0. The highest BCUT2D eigenvalue weighted by Crippen LogP contribution is 2.31. The molecule has 0 aliphatic carbocycles. The zero-order chi connectivity index (χ0) is 33.9. The second kappa shape index (κ2) is 13.4. The summed E-state index contributed by atoms with van der Waals surface area (Å²) in [6.45, 7) is 7.81. The topological polar surface area (TPSA) is 206 Å². The van der Waals surface area contributed by atoms with Crippen molar-refractivity contribution in [3.8, 4) is 46.3 Å². The number of amides is 2. The lowest BCUT2D eigenvalue weighted by molar-refractivity contribution is -0.128. The summed E-state index contributed by atoms with van der Waals surface area (Å²) in [7, 11) is 3.33. The minimum absolute atomic E-state index is 0.0120. The second-order valence-electron chi connectivity index (χ2n) is 11.0. The number of nitrogens with one attached hydrogen (secondary N) is 1. The van der Waals surface area contributed by atoms with Gasteiger partial charge in [-0.15, -0.1) is 0 Å². The van der Waals surface area contributed by atoms with E-state index >= 15 is 0 Å². The predicted octanol–water partition coefficient (Wildman–Crippen LogP) is 6.02. The number of fused-ring (bicyclic) bond motifs is 16. The molecule has 1 N–H and O–H groups in total. The van der Waals surface area contributed by atoms with Gasteiger partial charge in [0.15, 0.2) is 28.5 Å². The molecule has 248 valence electrons. The Morgan fingerprint density at radius 2 is 1.19 bits per heavy atom. The number of allylic oxidation sites excluding steroid dienone is 1. The van der Waals surface area contributed by atoms with Crippen LogP contribution in [0.15, 0.2) is 70.2 Å². The summed E-state index contributed by atoms with van der Waals surface area (Å²) < 4.78 is 33.9. The Labute approximate surface area is 273 Å². The van der Waals surface area contributed by atoms with E-state index < -0.39 is 17.9 Å². The van der Waals surface area contributed by atoms with E-state index in [1.807, 2.05) is 27.7 Å². The van der Waals surface area contributed by atoms with Gasteiger partial charge in [-0.25, -0.2) is 29.9 Å². The molecule has 0 radical (unpaired) electrons. The van der Waals surface area contributed by atoms with Gasteiger partial charge in [-0.05, 0) is 12.0 Å². The third-order valence-electron chi connectivity index (χ3n) is 7.12. The quantitative estimate of drug-likeness (QED) is 0.231. The van der Waals surface area contributed by atoms with E-state index in [1.54, 1.807) is 26.2 Å². The molecule has 0 saturated carbocycles. The lowest BCUT2D eigenvalue weighted by atomic mass is 10.0. The first kappa shape index (κ1) is 31.9. The fraction of sp³-hybridized carbons (Fsp3) is 0.312. The van der Waals surface area contributed by atoms with Crippen LogP contribution in [0.2, 0.25) is 0 Å². The molecule has 1 aliphatic rings. The smallest absolute Gasteiger partial charge is 0.273 e. The minimum atomic E-state index is -0.612. The molecule has 6 aromatic heterocycles. The molecule has 0 saturated heterocycles. The number of carbonyl (C=O) groups is 2. The average molecular weight is 657 g/mol. The molecule has 2 atom stereocenters. The zero-order valence-electron chi connectivity index (χ0n) is 27.0. The van der Waals surface area contributed by atoms with Crippen molar-refractivity contribution in [2.45, 2.75) is 46.1 Å². The molecule has 2 amide bonds. The largest absolute Gasteiger partial charge is 0.447 e. The van der Waals surface area contributed by atoms with Crippen LogP contribution in [0.1, 0.15) is 74.0 Å². The van der Waals surface area contributed by atoms with Crippen LogP contribution in [0.5, 0.6) is 0 Å². The van der Waals surface area contributed by atoms with Crippen molar-refractivity contribution in [1.29, 1.82) is 0 Å². The van der Waals surface area contributed by atoms with Gasteiger partial charge in [-0.2, -0.15) is 0 Å². The fourth-order valence-electron chi connectivity index (χ4n) is 4.59. The molecular formula is C32H32N8O8. The monoisotopic (exact) mass is 656 g/mol. The highest BCUT2D eigenvalue weighted by molar-refractivity contribution is 5.92. The normalized spacial score (nSPS) is 16.4. The first-order chi connectivity index (χ1) is 23.2. The first-order valence-electron chi connectivity index (χ1n) is 15.2. The molecule has 2 unspecified atom stereocenters. The SMILES string of the molecule is CC.CC(C)C1NC(=O)c2coc(n2)-c2coc(n2)-c2coc(n2)C(CC(=O)N(C)C)/C=C/c2coc(n2)-c2coc(n2)-c2coc1n2. The van der Waals surface area contributed by atoms with E-state index in [2.05, 4.69) is 35.2 Å². The van der Waals surface area contributed by atoms with Gasteiger partial charge < -0.3 is 36.7 Å². The van der Waals surface area contributed by atoms with E-state index in [-0.39, 0.29) is 70.7 Å². The lowest BCUT2D eigenvalue weighted by Crippen LogP contribution is -2.32. The van der Waals surface area contributed by atoms with Crippen molar-refractivity contribution in [2.24, 2.45) is 5.92 Å². The molecule has 1 aliphatic heterocycles. The highest BCUT2D eigenvalue weighted by Gasteiger charge is 2.28. The number of carbonyl (C=O) groups excluding carboxylic acids is 2. The maximum absolute atomic E-state index is 13.2. The summed E-state index contributed by atoms with van der Waals surface area (Å²) in [4.78, 5) is 54.0. The Morgan fingerprint density at radius 3 is 1.79 bits per heavy atom. The molecular weight excluding hydrogens is 624 g/mol. The Bertz CT molecular complexity index is 2060. The summed E-state index contributed by atoms with van der Waals surface area (Å²) in [6, 6.07) is -0.612. The van der Waals surface area contributed by atoms with Crippen molar-refractivity contribution < 1.29 is 36.1 Å². The van der Waals surface area contributed by atoms with Crippen LogP contribution in [0.4, 0.5) is 0 Å². The lowest BCUT2D eigenvalue weighted by Gasteiger charge is -2.18. The maximum atomic E-state index is 13.2. The third kappa shape index (κ3) is 6.44. The van der Waals surface area contributed by atoms with Gasteiger partial charge in [0.1, 0.15) is 49.3 Å². The standard InChI is InChI=1S/C30H26N8O8.C2H6/c1-14(2)23-30-36-21(13-46-30)29-34-18(11-44-29)26-31-16(8-41-26)6-5-15(7-22(39)38(3)4)25-33-19(10-42-25)28-35-20(12-45-28)27-32-17(9-43-27)24(40)37-23;1-2/h5-6,8-15,23H,7H2,1-4H3,(H,37,40);1-2H3/b6-5+;. The van der Waals surface area contributed by atoms with Crippen LogP contribution in [0.25, 0.3) is 52.4 Å². The van der Waals surface area contributed by atoms with Crippen molar-refractivity contribution in [1.82, 2.24) is 40.1 Å². The highest BCUT2D eigenvalue weighted by atomic mass is 16.4. The van der Waals surface area contributed by atoms with Crippen molar-refractivity contribution in [3.63, 3.8) is 0 Å². The van der Waals surface area contributed by atoms with Crippen LogP contribution in [-0.4, -0.2) is 60.7 Å². The van der Waals surface area contributed by atoms with Crippen LogP contribution >= 0.6 is 0 Å². The molecule has 16 heteroatoms. The van der Waals surface area contributed by atoms with Crippen molar-refractivity contribution in [3.05, 3.63) is 66.8 Å². The number of rotatable bonds is 3. The van der Waals surface area contributed by atoms with Crippen LogP contribution in [0, 0.1) is 5.92 Å². The number of hydrogen-bond donors (Lipinski definition) is 1. The first-order valence-corrected chi connectivity index (χ1v) is 15.2. The molecule has 0 aromatic carbocycles. The Balaban J connectivity index is 0.00000197. The van der Waals surface area contributed by atoms with Gasteiger partial charge in [0, 0.05) is 20.5 Å². The molecule has 12 bridgehead atoms. The fourth-order valence-corrected chi connectivity index (χ4v) is 4.59. The van der Waals surface area contributed by atoms with Gasteiger partial charge in [0.05, 0.1) is 5.92 Å². The zero-order valence-corrected chi connectivity index (χ0v) is 27.0. The van der Waals surface area contributed by atoms with E-state index in [9.17, 15) is 9.59 Å². The molecule has 6 aromatic rings. The van der Waals surface area contributed by atoms with E-state index in [4.69, 9.17) is 26.5 Å². The average Bonchev–Trinajstić information content (AvgIpc) is 3.92. The van der Waals surface area contributed by atoms with Crippen LogP contribution in [0.3, 0.4) is 0 Å². The predicted molar refractivity (Wildman–Crippen MR) is 166 cm³/mol. The molecule has 0 fully saturated rings. The number of hydrogen-bond acceptors (Lipinski definition) is 14. The molecule has 48 heavy (non-hydrogen) atoms. The van der Waals surface area contributed by atoms with Crippen molar-refractivity contribution in [2.75, 3.05) is 14.1 Å². The van der Waals surface area contributed by atoms with E-state index in [0.717, 1.165) is 0 Å². The van der Waals surface area contributed by atoms with Gasteiger partial charge >= 0.3 is 0 Å². The van der Waals surface area contributed by atoms with Crippen LogP contribution in [-0.2, 0) is 4.79 Å². The molecule has 7 heterocycles. The Morgan fingerprint density at radius 1 is 0.708 bits per heavy atom. The number of aromatic nitrogens is 6. The summed E-state index contributed by atoms with van der Waals surface area (Å²) in [5.74, 6) is -0.285. The Kier molecular flexibility index (Phi) is 8.87. The Hall–Kier alpha value is -6.06. The van der Waals surface area contributed by atoms with Gasteiger partial charge in [0.25, 0.3) is 5.91 Å². The van der Waals surface area contributed by atoms with Gasteiger partial charge in [0.2, 0.25) is 41.3 Å². The number of oxazole rings is 6. The molecule has 16 nitrogen and oxygen atoms in total. The minimum Gasteiger partial charge on any atom is -0.447 e. The molecule has 7 rings (SSSR count). The third-order valence-corrected chi connectivity index (χ3v) is 7.12. The van der Waals surface area contributed by atoms with Crippen LogP contribution < -0.4 is 5.32 Å². The maximum Gasteiger partial charge on any atom is 0.273 e. The van der Waals surface area contributed by atoms with Crippen molar-refractivity contribution >= 4 is 17.9 Å². The summed E-state index contributed by atoms with van der Waals surface area (Å²) >= 11 is 0. The summed E-state index contributed by atoms with van der Waals surface area (Å²) in [5, 5.41) is 2.89. The van der Waals surface area contributed by atoms with E-state index in [0.29, 0.717) is 17.1 Å².